The third kappa shape index (κ3) is 6.27. The molecule has 93 heavy (non-hydrogen) atoms. The van der Waals surface area contributed by atoms with E-state index in [1.807, 2.05) is 0 Å². The van der Waals surface area contributed by atoms with E-state index in [0.29, 0.717) is 0 Å². The molecule has 2 nitrogen and oxygen atoms in total. The van der Waals surface area contributed by atoms with E-state index >= 15 is 0 Å². The number of rotatable bonds is 4. The molecule has 0 atom stereocenters. The first-order valence-electron chi connectivity index (χ1n) is 33.5. The Bertz CT molecular complexity index is 5640. The lowest BCUT2D eigenvalue weighted by atomic mass is 9.68. The average Bonchev–Trinajstić information content (AvgIpc) is 1.48. The van der Waals surface area contributed by atoms with Gasteiger partial charge in [-0.1, -0.05) is 241 Å². The van der Waals surface area contributed by atoms with Gasteiger partial charge in [-0.3, -0.25) is 0 Å². The van der Waals surface area contributed by atoms with Gasteiger partial charge >= 0.3 is 0 Å². The maximum Gasteiger partial charge on any atom is 0.143 e. The summed E-state index contributed by atoms with van der Waals surface area (Å²) in [6.45, 7) is 14.0. The predicted octanol–water partition coefficient (Wildman–Crippen LogP) is 23.4. The van der Waals surface area contributed by atoms with Gasteiger partial charge in [0.25, 0.3) is 0 Å². The van der Waals surface area contributed by atoms with Crippen molar-refractivity contribution in [3.63, 3.8) is 0 Å². The Labute approximate surface area is 543 Å². The lowest BCUT2D eigenvalue weighted by molar-refractivity contribution is 0.590. The van der Waals surface area contributed by atoms with Crippen LogP contribution in [0.1, 0.15) is 125 Å². The van der Waals surface area contributed by atoms with Crippen LogP contribution in [0.2, 0.25) is 0 Å². The number of anilines is 3. The molecule has 440 valence electrons. The van der Waals surface area contributed by atoms with E-state index in [-0.39, 0.29) is 16.2 Å². The Hall–Kier alpha value is -10.5. The van der Waals surface area contributed by atoms with E-state index in [1.54, 1.807) is 0 Å². The van der Waals surface area contributed by atoms with Crippen LogP contribution in [0.15, 0.2) is 265 Å². The van der Waals surface area contributed by atoms with Crippen LogP contribution in [-0.4, -0.2) is 0 Å². The van der Waals surface area contributed by atoms with Gasteiger partial charge in [0.1, 0.15) is 11.2 Å². The van der Waals surface area contributed by atoms with Crippen molar-refractivity contribution in [2.24, 2.45) is 0 Å². The first-order valence-corrected chi connectivity index (χ1v) is 33.5. The highest BCUT2D eigenvalue weighted by molar-refractivity contribution is 6.19. The van der Waals surface area contributed by atoms with Crippen molar-refractivity contribution in [2.75, 3.05) is 4.90 Å². The Morgan fingerprint density at radius 1 is 0.355 bits per heavy atom. The Morgan fingerprint density at radius 3 is 1.46 bits per heavy atom. The molecule has 14 aromatic rings. The molecular weight excluding hydrogens is 1120 g/mol. The summed E-state index contributed by atoms with van der Waals surface area (Å²) in [5, 5.41) is 2.34. The number of aryl methyl sites for hydroxylation is 1. The van der Waals surface area contributed by atoms with E-state index in [2.05, 4.69) is 307 Å². The van der Waals surface area contributed by atoms with Crippen LogP contribution in [0.5, 0.6) is 0 Å². The summed E-state index contributed by atoms with van der Waals surface area (Å²) >= 11 is 0. The van der Waals surface area contributed by atoms with Crippen LogP contribution in [0, 0.1) is 6.92 Å². The maximum absolute atomic E-state index is 7.00. The quantitative estimate of drug-likeness (QED) is 0.175. The molecule has 0 radical (unpaired) electrons. The van der Waals surface area contributed by atoms with Crippen molar-refractivity contribution in [1.82, 2.24) is 0 Å². The number of hydrogen-bond acceptors (Lipinski definition) is 2. The first kappa shape index (κ1) is 52.1. The maximum atomic E-state index is 7.00. The molecule has 3 spiro atoms. The molecule has 7 aliphatic rings. The summed E-state index contributed by atoms with van der Waals surface area (Å²) in [4.78, 5) is 2.57. The van der Waals surface area contributed by atoms with Gasteiger partial charge in [-0.25, -0.2) is 0 Å². The molecule has 2 heteroatoms. The predicted molar refractivity (Wildman–Crippen MR) is 383 cm³/mol. The minimum atomic E-state index is -0.639. The first-order chi connectivity index (χ1) is 45.4. The van der Waals surface area contributed by atoms with Gasteiger partial charge in [0.05, 0.1) is 10.8 Å². The zero-order chi connectivity index (χ0) is 61.8. The number of furan rings is 1. The average molecular weight is 1190 g/mol. The third-order valence-corrected chi connectivity index (χ3v) is 23.6. The van der Waals surface area contributed by atoms with Crippen molar-refractivity contribution in [2.45, 2.75) is 81.5 Å². The van der Waals surface area contributed by atoms with Crippen molar-refractivity contribution in [3.8, 4) is 77.9 Å². The highest BCUT2D eigenvalue weighted by Crippen LogP contribution is 2.72. The zero-order valence-corrected chi connectivity index (χ0v) is 53.1. The van der Waals surface area contributed by atoms with Crippen LogP contribution >= 0.6 is 0 Å². The van der Waals surface area contributed by atoms with Crippen LogP contribution in [0.3, 0.4) is 0 Å². The highest BCUT2D eigenvalue weighted by atomic mass is 16.3. The zero-order valence-electron chi connectivity index (χ0n) is 53.1. The molecule has 7 aliphatic carbocycles. The normalized spacial score (nSPS) is 16.1. The van der Waals surface area contributed by atoms with Crippen molar-refractivity contribution >= 4 is 39.0 Å². The molecule has 0 saturated heterocycles. The summed E-state index contributed by atoms with van der Waals surface area (Å²) in [6.07, 6.45) is 2.38. The van der Waals surface area contributed by atoms with E-state index in [9.17, 15) is 0 Å². The lowest BCUT2D eigenvalue weighted by Gasteiger charge is -2.33. The molecule has 1 heterocycles. The summed E-state index contributed by atoms with van der Waals surface area (Å²) in [5.41, 5.74) is 41.3. The molecule has 1 fully saturated rings. The van der Waals surface area contributed by atoms with Crippen LogP contribution < -0.4 is 4.90 Å². The topological polar surface area (TPSA) is 16.4 Å². The van der Waals surface area contributed by atoms with Crippen LogP contribution in [0.4, 0.5) is 17.1 Å². The summed E-state index contributed by atoms with van der Waals surface area (Å²) in [6, 6.07) is 101. The van der Waals surface area contributed by atoms with Crippen LogP contribution in [-0.2, 0) is 27.1 Å². The SMILES string of the molecule is Cc1ccccc1N(c1ccc2c(c1)C(C)(C)c1cc(-c3ccc(C(C)(C)C)cc3)c3oc4ccccc4c3c1-2)c1ccc2c(c1)C1(c3ccccc3-c3ccccc31)c1cc3c(cc1-2)C1(c2ccccc2-c2ccccc21)c1ccc2c(c1-3)-c1ccccc1C21CC1. The van der Waals surface area contributed by atoms with E-state index in [4.69, 9.17) is 4.42 Å². The molecule has 13 aromatic carbocycles. The van der Waals surface area contributed by atoms with Crippen LogP contribution in [0.25, 0.3) is 99.8 Å². The summed E-state index contributed by atoms with van der Waals surface area (Å²) in [5.74, 6) is 0. The fourth-order valence-corrected chi connectivity index (χ4v) is 19.4. The molecule has 0 N–H and O–H groups in total. The van der Waals surface area contributed by atoms with Gasteiger partial charge in [0.2, 0.25) is 0 Å². The van der Waals surface area contributed by atoms with Crippen molar-refractivity contribution < 1.29 is 4.42 Å². The minimum Gasteiger partial charge on any atom is -0.455 e. The molecule has 0 aliphatic heterocycles. The van der Waals surface area contributed by atoms with Gasteiger partial charge in [-0.05, 0) is 230 Å². The van der Waals surface area contributed by atoms with Gasteiger partial charge in [-0.2, -0.15) is 0 Å². The standard InChI is InChI=1S/C91H65NO/c1-52-21-7-19-33-80(52)92(55-40-42-63-75(47-55)88(5,6)79-49-65(53-35-37-54(38-36-53)87(2,3)4)86-85(83(63)79)64-27-13-20-34-81(64)93-86)56-39-41-61-66-50-78-67(51-77(66)91(76(61)48-56)71-31-17-10-24-59(71)60-25-11-18-32-72(60)91)84-74(44-43-73-82(84)62-26-12-14-28-68(62)89(73)45-46-89)90(78)69-29-15-8-22-57(69)58-23-9-16-30-70(58)90/h7-44,47-51H,45-46H2,1-6H3. The Morgan fingerprint density at radius 2 is 0.828 bits per heavy atom. The second-order valence-corrected chi connectivity index (χ2v) is 29.3. The molecule has 1 aromatic heterocycles. The second kappa shape index (κ2) is 17.5. The second-order valence-electron chi connectivity index (χ2n) is 29.3. The number of fused-ring (bicyclic) bond motifs is 33. The van der Waals surface area contributed by atoms with Crippen molar-refractivity contribution in [1.29, 1.82) is 0 Å². The molecule has 1 saturated carbocycles. The van der Waals surface area contributed by atoms with E-state index < -0.39 is 10.8 Å². The summed E-state index contributed by atoms with van der Waals surface area (Å²) < 4.78 is 7.00. The molecular formula is C91H65NO. The highest BCUT2D eigenvalue weighted by Gasteiger charge is 2.60. The minimum absolute atomic E-state index is 0.0423. The van der Waals surface area contributed by atoms with E-state index in [0.717, 1.165) is 39.2 Å². The number of hydrogen-bond donors (Lipinski definition) is 0. The third-order valence-electron chi connectivity index (χ3n) is 23.6. The van der Waals surface area contributed by atoms with Crippen molar-refractivity contribution in [3.05, 3.63) is 339 Å². The van der Waals surface area contributed by atoms with Gasteiger partial charge in [0, 0.05) is 44.2 Å². The fraction of sp³-hybridized carbons (Fsp3) is 0.143. The Balaban J connectivity index is 0.812. The smallest absolute Gasteiger partial charge is 0.143 e. The van der Waals surface area contributed by atoms with Gasteiger partial charge in [0.15, 0.2) is 0 Å². The monoisotopic (exact) mass is 1190 g/mol. The molecule has 0 unspecified atom stereocenters. The number of para-hydroxylation sites is 2. The van der Waals surface area contributed by atoms with Gasteiger partial charge < -0.3 is 9.32 Å². The number of nitrogens with zero attached hydrogens (tertiary/aromatic N) is 1. The molecule has 0 amide bonds. The lowest BCUT2D eigenvalue weighted by Crippen LogP contribution is -2.27. The summed E-state index contributed by atoms with van der Waals surface area (Å²) in [7, 11) is 0. The van der Waals surface area contributed by atoms with E-state index in [1.165, 1.54) is 168 Å². The number of benzene rings is 13. The molecule has 0 bridgehead atoms. The fourth-order valence-electron chi connectivity index (χ4n) is 19.4. The van der Waals surface area contributed by atoms with Gasteiger partial charge in [-0.15, -0.1) is 0 Å². The largest absolute Gasteiger partial charge is 0.455 e. The molecule has 21 rings (SSSR count). The Kier molecular flexibility index (Phi) is 9.82.